The van der Waals surface area contributed by atoms with Gasteiger partial charge in [0.15, 0.2) is 0 Å². The van der Waals surface area contributed by atoms with Crippen LogP contribution in [0, 0.1) is 0 Å². The van der Waals surface area contributed by atoms with Crippen LogP contribution in [0.5, 0.6) is 5.75 Å². The van der Waals surface area contributed by atoms with Crippen molar-refractivity contribution < 1.29 is 14.3 Å². The highest BCUT2D eigenvalue weighted by atomic mass is 32.2. The van der Waals surface area contributed by atoms with Crippen LogP contribution in [0.15, 0.2) is 70.8 Å². The molecule has 3 amide bonds. The molecule has 7 nitrogen and oxygen atoms in total. The standard InChI is InChI=1S/C22H20N4O3S/c1-2-15-11-14(7-10-24-15)13-29-16-3-5-17(6-4-16)30-19-12-23-9-8-18(19)20-21(27)26-22(28)25-20/h3-12,20H,2,13H2,1H3,(H2,25,26,27,28). The van der Waals surface area contributed by atoms with E-state index in [0.29, 0.717) is 12.2 Å². The fourth-order valence-electron chi connectivity index (χ4n) is 3.06. The second-order valence-electron chi connectivity index (χ2n) is 6.68. The molecule has 4 rings (SSSR count). The number of urea groups is 1. The normalized spacial score (nSPS) is 15.6. The Balaban J connectivity index is 1.43. The average molecular weight is 420 g/mol. The Morgan fingerprint density at radius 3 is 2.67 bits per heavy atom. The number of aryl methyl sites for hydroxylation is 1. The highest BCUT2D eigenvalue weighted by Crippen LogP contribution is 2.34. The van der Waals surface area contributed by atoms with Gasteiger partial charge in [-0.3, -0.25) is 20.1 Å². The van der Waals surface area contributed by atoms with Crippen LogP contribution in [0.4, 0.5) is 4.79 Å². The maximum atomic E-state index is 12.0. The first-order valence-electron chi connectivity index (χ1n) is 9.52. The summed E-state index contributed by atoms with van der Waals surface area (Å²) in [6, 6.07) is 12.3. The number of nitrogens with zero attached hydrogens (tertiary/aromatic N) is 2. The van der Waals surface area contributed by atoms with Gasteiger partial charge in [0.25, 0.3) is 5.91 Å². The zero-order valence-corrected chi connectivity index (χ0v) is 17.1. The van der Waals surface area contributed by atoms with Crippen molar-refractivity contribution in [3.63, 3.8) is 0 Å². The maximum Gasteiger partial charge on any atom is 0.322 e. The lowest BCUT2D eigenvalue weighted by molar-refractivity contribution is -0.120. The zero-order chi connectivity index (χ0) is 20.9. The van der Waals surface area contributed by atoms with Crippen LogP contribution in [0.1, 0.15) is 29.8 Å². The van der Waals surface area contributed by atoms with Crippen molar-refractivity contribution in [3.05, 3.63) is 77.9 Å². The molecule has 1 aromatic carbocycles. The van der Waals surface area contributed by atoms with E-state index in [9.17, 15) is 9.59 Å². The highest BCUT2D eigenvalue weighted by Gasteiger charge is 2.32. The molecule has 1 atom stereocenters. The molecule has 0 saturated carbocycles. The average Bonchev–Trinajstić information content (AvgIpc) is 3.11. The molecule has 1 aliphatic heterocycles. The van der Waals surface area contributed by atoms with Gasteiger partial charge in [-0.05, 0) is 54.4 Å². The Morgan fingerprint density at radius 1 is 1.10 bits per heavy atom. The van der Waals surface area contributed by atoms with E-state index in [-0.39, 0.29) is 5.91 Å². The summed E-state index contributed by atoms with van der Waals surface area (Å²) in [5.41, 5.74) is 2.84. The van der Waals surface area contributed by atoms with E-state index < -0.39 is 12.1 Å². The smallest absolute Gasteiger partial charge is 0.322 e. The number of nitrogens with one attached hydrogen (secondary N) is 2. The quantitative estimate of drug-likeness (QED) is 0.567. The first kappa shape index (κ1) is 19.9. The molecule has 1 unspecified atom stereocenters. The number of carbonyl (C=O) groups is 2. The summed E-state index contributed by atoms with van der Waals surface area (Å²) in [6.07, 6.45) is 5.99. The third-order valence-electron chi connectivity index (χ3n) is 4.60. The number of ether oxygens (including phenoxy) is 1. The lowest BCUT2D eigenvalue weighted by atomic mass is 10.1. The molecule has 1 saturated heterocycles. The van der Waals surface area contributed by atoms with E-state index in [1.165, 1.54) is 11.8 Å². The van der Waals surface area contributed by atoms with Crippen molar-refractivity contribution in [1.82, 2.24) is 20.6 Å². The predicted octanol–water partition coefficient (Wildman–Crippen LogP) is 3.65. The summed E-state index contributed by atoms with van der Waals surface area (Å²) in [6.45, 7) is 2.55. The molecule has 1 aliphatic rings. The van der Waals surface area contributed by atoms with Crippen LogP contribution < -0.4 is 15.4 Å². The number of hydrogen-bond acceptors (Lipinski definition) is 6. The number of rotatable bonds is 7. The fourth-order valence-corrected chi connectivity index (χ4v) is 4.00. The van der Waals surface area contributed by atoms with E-state index in [1.807, 2.05) is 36.4 Å². The van der Waals surface area contributed by atoms with Gasteiger partial charge < -0.3 is 10.1 Å². The van der Waals surface area contributed by atoms with Crippen LogP contribution in [-0.2, 0) is 17.8 Å². The minimum absolute atomic E-state index is 0.362. The lowest BCUT2D eigenvalue weighted by Crippen LogP contribution is -2.22. The third kappa shape index (κ3) is 4.60. The first-order valence-corrected chi connectivity index (χ1v) is 10.3. The van der Waals surface area contributed by atoms with Crippen LogP contribution in [0.25, 0.3) is 0 Å². The molecule has 0 radical (unpaired) electrons. The van der Waals surface area contributed by atoms with Gasteiger partial charge in [0.2, 0.25) is 0 Å². The summed E-state index contributed by atoms with van der Waals surface area (Å²) >= 11 is 1.47. The van der Waals surface area contributed by atoms with Gasteiger partial charge in [0.05, 0.1) is 0 Å². The molecule has 3 heterocycles. The monoisotopic (exact) mass is 420 g/mol. The molecule has 0 aliphatic carbocycles. The van der Waals surface area contributed by atoms with Gasteiger partial charge in [-0.1, -0.05) is 18.7 Å². The molecular formula is C22H20N4O3S. The third-order valence-corrected chi connectivity index (χ3v) is 5.67. The Labute approximate surface area is 178 Å². The second kappa shape index (κ2) is 8.96. The molecular weight excluding hydrogens is 400 g/mol. The lowest BCUT2D eigenvalue weighted by Gasteiger charge is -2.13. The zero-order valence-electron chi connectivity index (χ0n) is 16.3. The van der Waals surface area contributed by atoms with Crippen molar-refractivity contribution in [2.24, 2.45) is 0 Å². The molecule has 3 aromatic rings. The van der Waals surface area contributed by atoms with Gasteiger partial charge in [0.1, 0.15) is 18.4 Å². The maximum absolute atomic E-state index is 12.0. The summed E-state index contributed by atoms with van der Waals surface area (Å²) in [4.78, 5) is 33.7. The molecule has 8 heteroatoms. The van der Waals surface area contributed by atoms with E-state index in [0.717, 1.165) is 33.2 Å². The number of benzene rings is 1. The van der Waals surface area contributed by atoms with Crippen molar-refractivity contribution in [1.29, 1.82) is 0 Å². The second-order valence-corrected chi connectivity index (χ2v) is 7.80. The Morgan fingerprint density at radius 2 is 1.93 bits per heavy atom. The van der Waals surface area contributed by atoms with E-state index in [2.05, 4.69) is 27.5 Å². The van der Waals surface area contributed by atoms with Crippen LogP contribution in [0.3, 0.4) is 0 Å². The minimum atomic E-state index is -0.709. The van der Waals surface area contributed by atoms with Crippen LogP contribution in [0.2, 0.25) is 0 Å². The summed E-state index contributed by atoms with van der Waals surface area (Å²) in [5.74, 6) is 0.405. The minimum Gasteiger partial charge on any atom is -0.489 e. The Kier molecular flexibility index (Phi) is 5.94. The summed E-state index contributed by atoms with van der Waals surface area (Å²) in [7, 11) is 0. The van der Waals surface area contributed by atoms with E-state index >= 15 is 0 Å². The number of amides is 3. The Bertz CT molecular complexity index is 1070. The molecule has 30 heavy (non-hydrogen) atoms. The number of aromatic nitrogens is 2. The number of pyridine rings is 2. The molecule has 0 bridgehead atoms. The van der Waals surface area contributed by atoms with E-state index in [4.69, 9.17) is 4.74 Å². The number of hydrogen-bond donors (Lipinski definition) is 2. The van der Waals surface area contributed by atoms with Crippen molar-refractivity contribution >= 4 is 23.7 Å². The van der Waals surface area contributed by atoms with Crippen LogP contribution >= 0.6 is 11.8 Å². The topological polar surface area (TPSA) is 93.2 Å². The molecule has 1 fully saturated rings. The Hall–Kier alpha value is -3.39. The fraction of sp³-hybridized carbons (Fsp3) is 0.182. The molecule has 2 aromatic heterocycles. The summed E-state index contributed by atoms with van der Waals surface area (Å²) in [5, 5.41) is 4.89. The SMILES string of the molecule is CCc1cc(COc2ccc(Sc3cnccc3C3NC(=O)NC3=O)cc2)ccn1. The predicted molar refractivity (Wildman–Crippen MR) is 112 cm³/mol. The first-order chi connectivity index (χ1) is 14.6. The van der Waals surface area contributed by atoms with Crippen molar-refractivity contribution in [3.8, 4) is 5.75 Å². The van der Waals surface area contributed by atoms with Crippen LogP contribution in [-0.4, -0.2) is 21.9 Å². The molecule has 152 valence electrons. The van der Waals surface area contributed by atoms with Crippen molar-refractivity contribution in [2.75, 3.05) is 0 Å². The summed E-state index contributed by atoms with van der Waals surface area (Å²) < 4.78 is 5.88. The van der Waals surface area contributed by atoms with Gasteiger partial charge >= 0.3 is 6.03 Å². The van der Waals surface area contributed by atoms with E-state index in [1.54, 1.807) is 24.7 Å². The van der Waals surface area contributed by atoms with Gasteiger partial charge in [-0.25, -0.2) is 4.79 Å². The number of carbonyl (C=O) groups excluding carboxylic acids is 2. The van der Waals surface area contributed by atoms with Crippen molar-refractivity contribution in [2.45, 2.75) is 35.8 Å². The molecule has 2 N–H and O–H groups in total. The largest absolute Gasteiger partial charge is 0.489 e. The van der Waals surface area contributed by atoms with Gasteiger partial charge in [-0.15, -0.1) is 0 Å². The van der Waals surface area contributed by atoms with Gasteiger partial charge in [0, 0.05) is 39.6 Å². The molecule has 0 spiro atoms. The van der Waals surface area contributed by atoms with Gasteiger partial charge in [-0.2, -0.15) is 0 Å². The number of imide groups is 1. The highest BCUT2D eigenvalue weighted by molar-refractivity contribution is 7.99.